The molecule has 0 saturated heterocycles. The van der Waals surface area contributed by atoms with Crippen LogP contribution in [-0.2, 0) is 19.5 Å². The molecule has 0 aliphatic heterocycles. The first-order chi connectivity index (χ1) is 9.24. The number of hydrogen-bond donors (Lipinski definition) is 1. The highest BCUT2D eigenvalue weighted by molar-refractivity contribution is 7.09. The van der Waals surface area contributed by atoms with Gasteiger partial charge in [-0.1, -0.05) is 31.2 Å². The molecule has 2 N–H and O–H groups in total. The molecule has 102 valence electrons. The summed E-state index contributed by atoms with van der Waals surface area (Å²) in [5.41, 5.74) is 8.20. The number of rotatable bonds is 6. The number of nitrogens with two attached hydrogens (primary N) is 1. The maximum absolute atomic E-state index is 5.76. The normalized spacial score (nSPS) is 10.7. The second kappa shape index (κ2) is 6.63. The van der Waals surface area contributed by atoms with Gasteiger partial charge < -0.3 is 10.6 Å². The highest BCUT2D eigenvalue weighted by atomic mass is 32.1. The molecule has 1 heterocycles. The summed E-state index contributed by atoms with van der Waals surface area (Å²) in [4.78, 5) is 6.68. The second-order valence-electron chi connectivity index (χ2n) is 4.57. The summed E-state index contributed by atoms with van der Waals surface area (Å²) in [6, 6.07) is 8.26. The zero-order valence-corrected chi connectivity index (χ0v) is 12.3. The molecule has 4 nitrogen and oxygen atoms in total. The molecular formula is C14H20N4S. The van der Waals surface area contributed by atoms with Crippen molar-refractivity contribution < 1.29 is 0 Å². The Balaban J connectivity index is 2.09. The number of aromatic nitrogens is 2. The van der Waals surface area contributed by atoms with E-state index in [1.165, 1.54) is 22.7 Å². The van der Waals surface area contributed by atoms with E-state index in [-0.39, 0.29) is 0 Å². The van der Waals surface area contributed by atoms with E-state index < -0.39 is 0 Å². The molecule has 1 aromatic carbocycles. The SMILES string of the molecule is CCCc1nsc(N(C)Cc2ccccc2CN)n1. The van der Waals surface area contributed by atoms with Crippen LogP contribution in [0.3, 0.4) is 0 Å². The van der Waals surface area contributed by atoms with Crippen molar-refractivity contribution in [1.29, 1.82) is 0 Å². The number of hydrogen-bond acceptors (Lipinski definition) is 5. The highest BCUT2D eigenvalue weighted by Gasteiger charge is 2.10. The van der Waals surface area contributed by atoms with Crippen molar-refractivity contribution in [3.8, 4) is 0 Å². The molecule has 0 bridgehead atoms. The maximum Gasteiger partial charge on any atom is 0.205 e. The first kappa shape index (κ1) is 14.0. The van der Waals surface area contributed by atoms with E-state index in [1.54, 1.807) is 0 Å². The Bertz CT molecular complexity index is 524. The second-order valence-corrected chi connectivity index (χ2v) is 5.30. The Morgan fingerprint density at radius 2 is 2.00 bits per heavy atom. The third kappa shape index (κ3) is 3.52. The van der Waals surface area contributed by atoms with Gasteiger partial charge in [0.1, 0.15) is 5.82 Å². The van der Waals surface area contributed by atoms with Crippen molar-refractivity contribution in [1.82, 2.24) is 9.36 Å². The van der Waals surface area contributed by atoms with Gasteiger partial charge in [-0.2, -0.15) is 4.37 Å². The van der Waals surface area contributed by atoms with Gasteiger partial charge in [0.25, 0.3) is 0 Å². The fraction of sp³-hybridized carbons (Fsp3) is 0.429. The van der Waals surface area contributed by atoms with E-state index in [0.717, 1.165) is 30.3 Å². The Hall–Kier alpha value is -1.46. The molecule has 19 heavy (non-hydrogen) atoms. The van der Waals surface area contributed by atoms with Crippen LogP contribution in [0.25, 0.3) is 0 Å². The van der Waals surface area contributed by atoms with Crippen LogP contribution in [-0.4, -0.2) is 16.4 Å². The first-order valence-electron chi connectivity index (χ1n) is 6.55. The van der Waals surface area contributed by atoms with Gasteiger partial charge in [-0.3, -0.25) is 0 Å². The number of benzene rings is 1. The van der Waals surface area contributed by atoms with Gasteiger partial charge in [-0.05, 0) is 17.5 Å². The summed E-state index contributed by atoms with van der Waals surface area (Å²) in [7, 11) is 2.05. The van der Waals surface area contributed by atoms with Gasteiger partial charge in [0.15, 0.2) is 0 Å². The van der Waals surface area contributed by atoms with E-state index in [9.17, 15) is 0 Å². The fourth-order valence-electron chi connectivity index (χ4n) is 1.96. The zero-order valence-electron chi connectivity index (χ0n) is 11.5. The topological polar surface area (TPSA) is 55.0 Å². The lowest BCUT2D eigenvalue weighted by Gasteiger charge is -2.17. The molecule has 5 heteroatoms. The Kier molecular flexibility index (Phi) is 4.87. The van der Waals surface area contributed by atoms with Crippen LogP contribution in [0.2, 0.25) is 0 Å². The zero-order chi connectivity index (χ0) is 13.7. The van der Waals surface area contributed by atoms with Crippen molar-refractivity contribution in [2.45, 2.75) is 32.9 Å². The van der Waals surface area contributed by atoms with E-state index in [2.05, 4.69) is 33.3 Å². The predicted octanol–water partition coefficient (Wildman–Crippen LogP) is 2.59. The molecule has 0 unspecified atom stereocenters. The van der Waals surface area contributed by atoms with Crippen LogP contribution in [0.4, 0.5) is 5.13 Å². The minimum atomic E-state index is 0.571. The number of aryl methyl sites for hydroxylation is 1. The van der Waals surface area contributed by atoms with Gasteiger partial charge >= 0.3 is 0 Å². The monoisotopic (exact) mass is 276 g/mol. The third-order valence-electron chi connectivity index (χ3n) is 3.00. The Morgan fingerprint density at radius 3 is 2.68 bits per heavy atom. The molecule has 2 aromatic rings. The van der Waals surface area contributed by atoms with Crippen molar-refractivity contribution in [2.75, 3.05) is 11.9 Å². The molecule has 0 amide bonds. The molecule has 0 spiro atoms. The van der Waals surface area contributed by atoms with E-state index >= 15 is 0 Å². The summed E-state index contributed by atoms with van der Waals surface area (Å²) < 4.78 is 4.38. The minimum absolute atomic E-state index is 0.571. The molecule has 0 saturated carbocycles. The van der Waals surface area contributed by atoms with E-state index in [0.29, 0.717) is 6.54 Å². The lowest BCUT2D eigenvalue weighted by atomic mass is 10.1. The van der Waals surface area contributed by atoms with Crippen LogP contribution in [0, 0.1) is 0 Å². The maximum atomic E-state index is 5.76. The predicted molar refractivity (Wildman–Crippen MR) is 80.3 cm³/mol. The van der Waals surface area contributed by atoms with Crippen molar-refractivity contribution >= 4 is 16.7 Å². The Morgan fingerprint density at radius 1 is 1.26 bits per heavy atom. The smallest absolute Gasteiger partial charge is 0.205 e. The van der Waals surface area contributed by atoms with Gasteiger partial charge in [0.2, 0.25) is 5.13 Å². The van der Waals surface area contributed by atoms with Crippen molar-refractivity contribution in [3.63, 3.8) is 0 Å². The van der Waals surface area contributed by atoms with Gasteiger partial charge in [0, 0.05) is 38.1 Å². The quantitative estimate of drug-likeness (QED) is 0.881. The molecular weight excluding hydrogens is 256 g/mol. The molecule has 0 radical (unpaired) electrons. The fourth-order valence-corrected chi connectivity index (χ4v) is 2.63. The minimum Gasteiger partial charge on any atom is -0.346 e. The highest BCUT2D eigenvalue weighted by Crippen LogP contribution is 2.20. The van der Waals surface area contributed by atoms with Crippen molar-refractivity contribution in [2.24, 2.45) is 5.73 Å². The van der Waals surface area contributed by atoms with Crippen LogP contribution in [0.5, 0.6) is 0 Å². The average molecular weight is 276 g/mol. The van der Waals surface area contributed by atoms with Crippen LogP contribution in [0.1, 0.15) is 30.3 Å². The summed E-state index contributed by atoms with van der Waals surface area (Å²) in [5, 5.41) is 0.968. The van der Waals surface area contributed by atoms with E-state index in [1.807, 2.05) is 19.2 Å². The molecule has 1 aromatic heterocycles. The summed E-state index contributed by atoms with van der Waals surface area (Å²) >= 11 is 1.46. The molecule has 0 aliphatic carbocycles. The molecule has 0 aliphatic rings. The largest absolute Gasteiger partial charge is 0.346 e. The summed E-state index contributed by atoms with van der Waals surface area (Å²) in [6.45, 7) is 3.53. The Labute approximate surface area is 118 Å². The molecule has 0 fully saturated rings. The molecule has 2 rings (SSSR count). The lowest BCUT2D eigenvalue weighted by molar-refractivity contribution is 0.842. The standard InChI is InChI=1S/C14H20N4S/c1-3-6-13-16-14(19-17-13)18(2)10-12-8-5-4-7-11(12)9-15/h4-5,7-8H,3,6,9-10,15H2,1-2H3. The van der Waals surface area contributed by atoms with Crippen LogP contribution in [0.15, 0.2) is 24.3 Å². The van der Waals surface area contributed by atoms with Gasteiger partial charge in [0.05, 0.1) is 0 Å². The first-order valence-corrected chi connectivity index (χ1v) is 7.32. The third-order valence-corrected chi connectivity index (χ3v) is 3.87. The van der Waals surface area contributed by atoms with Crippen molar-refractivity contribution in [3.05, 3.63) is 41.2 Å². The summed E-state index contributed by atoms with van der Waals surface area (Å²) in [6.07, 6.45) is 2.03. The van der Waals surface area contributed by atoms with E-state index in [4.69, 9.17) is 5.73 Å². The summed E-state index contributed by atoms with van der Waals surface area (Å²) in [5.74, 6) is 0.946. The number of anilines is 1. The molecule has 0 atom stereocenters. The lowest BCUT2D eigenvalue weighted by Crippen LogP contribution is -2.18. The van der Waals surface area contributed by atoms with Crippen LogP contribution >= 0.6 is 11.5 Å². The number of nitrogens with zero attached hydrogens (tertiary/aromatic N) is 3. The van der Waals surface area contributed by atoms with Gasteiger partial charge in [-0.15, -0.1) is 0 Å². The van der Waals surface area contributed by atoms with Crippen LogP contribution < -0.4 is 10.6 Å². The van der Waals surface area contributed by atoms with Gasteiger partial charge in [-0.25, -0.2) is 4.98 Å². The average Bonchev–Trinajstić information content (AvgIpc) is 2.88.